The van der Waals surface area contributed by atoms with Crippen LogP contribution < -0.4 is 5.73 Å². The molecule has 0 radical (unpaired) electrons. The van der Waals surface area contributed by atoms with Gasteiger partial charge in [0.25, 0.3) is 0 Å². The zero-order valence-corrected chi connectivity index (χ0v) is 13.5. The summed E-state index contributed by atoms with van der Waals surface area (Å²) in [5.41, 5.74) is 7.53. The summed E-state index contributed by atoms with van der Waals surface area (Å²) in [5, 5.41) is 0. The Hall–Kier alpha value is -2.18. The molecule has 7 nitrogen and oxygen atoms in total. The van der Waals surface area contributed by atoms with E-state index >= 15 is 0 Å². The minimum Gasteiger partial charge on any atom is -0.368 e. The summed E-state index contributed by atoms with van der Waals surface area (Å²) >= 11 is 0. The molecule has 1 saturated heterocycles. The molecule has 3 rings (SSSR count). The Labute approximate surface area is 135 Å². The predicted octanol–water partition coefficient (Wildman–Crippen LogP) is 0.735. The Balaban J connectivity index is 1.66. The van der Waals surface area contributed by atoms with Crippen LogP contribution in [0.4, 0.5) is 5.95 Å². The molecule has 3 heterocycles. The van der Waals surface area contributed by atoms with Crippen LogP contribution in [-0.2, 0) is 22.6 Å². The number of likely N-dealkylation sites (tertiary alicyclic amines) is 1. The fourth-order valence-electron chi connectivity index (χ4n) is 3.49. The second-order valence-electron chi connectivity index (χ2n) is 6.33. The first-order chi connectivity index (χ1) is 11.0. The average molecular weight is 317 g/mol. The van der Waals surface area contributed by atoms with Crippen molar-refractivity contribution in [3.05, 3.63) is 17.5 Å². The van der Waals surface area contributed by atoms with Crippen LogP contribution >= 0.6 is 0 Å². The number of nitrogens with zero attached hydrogens (tertiary/aromatic N) is 4. The molecule has 1 fully saturated rings. The van der Waals surface area contributed by atoms with E-state index in [-0.39, 0.29) is 23.8 Å². The van der Waals surface area contributed by atoms with Gasteiger partial charge in [-0.25, -0.2) is 9.97 Å². The number of amides is 2. The maximum Gasteiger partial charge on any atom is 0.225 e. The number of carbonyl (C=O) groups excluding carboxylic acids is 2. The molecule has 0 aromatic carbocycles. The molecule has 23 heavy (non-hydrogen) atoms. The Morgan fingerprint density at radius 2 is 2.17 bits per heavy atom. The van der Waals surface area contributed by atoms with Crippen molar-refractivity contribution in [1.82, 2.24) is 19.8 Å². The van der Waals surface area contributed by atoms with Crippen molar-refractivity contribution in [3.63, 3.8) is 0 Å². The minimum atomic E-state index is 0.0330. The van der Waals surface area contributed by atoms with Gasteiger partial charge in [0.05, 0.1) is 12.2 Å². The summed E-state index contributed by atoms with van der Waals surface area (Å²) in [4.78, 5) is 36.3. The van der Waals surface area contributed by atoms with Crippen molar-refractivity contribution in [2.45, 2.75) is 51.6 Å². The third kappa shape index (κ3) is 3.43. The minimum absolute atomic E-state index is 0.0330. The van der Waals surface area contributed by atoms with E-state index in [0.717, 1.165) is 43.5 Å². The summed E-state index contributed by atoms with van der Waals surface area (Å²) in [6.07, 6.45) is 5.91. The smallest absolute Gasteiger partial charge is 0.225 e. The van der Waals surface area contributed by atoms with E-state index in [1.54, 1.807) is 13.1 Å². The Morgan fingerprint density at radius 3 is 2.96 bits per heavy atom. The summed E-state index contributed by atoms with van der Waals surface area (Å²) in [6.45, 7) is 3.50. The third-order valence-corrected chi connectivity index (χ3v) is 4.76. The Morgan fingerprint density at radius 1 is 1.35 bits per heavy atom. The van der Waals surface area contributed by atoms with Crippen LogP contribution in [-0.4, -0.2) is 50.7 Å². The molecule has 2 aliphatic heterocycles. The van der Waals surface area contributed by atoms with Crippen molar-refractivity contribution in [2.24, 2.45) is 0 Å². The van der Waals surface area contributed by atoms with Crippen molar-refractivity contribution in [2.75, 3.05) is 18.8 Å². The van der Waals surface area contributed by atoms with Crippen molar-refractivity contribution < 1.29 is 9.59 Å². The van der Waals surface area contributed by atoms with Gasteiger partial charge >= 0.3 is 0 Å². The Kier molecular flexibility index (Phi) is 4.45. The lowest BCUT2D eigenvalue weighted by Crippen LogP contribution is -2.46. The molecule has 1 atom stereocenters. The first kappa shape index (κ1) is 15.7. The number of hydrogen-bond acceptors (Lipinski definition) is 5. The molecule has 2 aliphatic rings. The van der Waals surface area contributed by atoms with E-state index in [1.807, 2.05) is 9.80 Å². The van der Waals surface area contributed by atoms with Gasteiger partial charge in [-0.2, -0.15) is 0 Å². The van der Waals surface area contributed by atoms with Crippen LogP contribution in [0.1, 0.15) is 43.9 Å². The Bertz CT molecular complexity index is 618. The number of rotatable bonds is 2. The molecule has 0 aliphatic carbocycles. The molecular weight excluding hydrogens is 294 g/mol. The van der Waals surface area contributed by atoms with Gasteiger partial charge in [0.15, 0.2) is 0 Å². The molecule has 1 unspecified atom stereocenters. The molecule has 2 amide bonds. The molecule has 0 saturated carbocycles. The third-order valence-electron chi connectivity index (χ3n) is 4.76. The maximum absolute atomic E-state index is 12.6. The fourth-order valence-corrected chi connectivity index (χ4v) is 3.49. The highest BCUT2D eigenvalue weighted by Crippen LogP contribution is 2.23. The molecule has 1 aromatic rings. The highest BCUT2D eigenvalue weighted by Gasteiger charge is 2.29. The monoisotopic (exact) mass is 317 g/mol. The highest BCUT2D eigenvalue weighted by molar-refractivity contribution is 5.79. The summed E-state index contributed by atoms with van der Waals surface area (Å²) in [5.74, 6) is 0.395. The summed E-state index contributed by atoms with van der Waals surface area (Å²) in [6, 6.07) is 0.0330. The molecular formula is C16H23N5O2. The molecule has 0 bridgehead atoms. The van der Waals surface area contributed by atoms with Crippen molar-refractivity contribution >= 4 is 17.8 Å². The number of fused-ring (bicyclic) bond motifs is 1. The standard InChI is InChI=1S/C16H23N5O2/c1-11(22)21-6-3-2-4-13(21)8-15(23)20-7-5-12-9-18-16(17)19-14(12)10-20/h9,13H,2-8,10H2,1H3,(H2,17,18,19). The van der Waals surface area contributed by atoms with Gasteiger partial charge in [0.2, 0.25) is 17.8 Å². The molecule has 0 spiro atoms. The number of carbonyl (C=O) groups is 2. The van der Waals surface area contributed by atoms with Gasteiger partial charge in [-0.1, -0.05) is 0 Å². The van der Waals surface area contributed by atoms with E-state index in [9.17, 15) is 9.59 Å². The van der Waals surface area contributed by atoms with E-state index < -0.39 is 0 Å². The molecule has 124 valence electrons. The summed E-state index contributed by atoms with van der Waals surface area (Å²) < 4.78 is 0. The van der Waals surface area contributed by atoms with Crippen LogP contribution in [0.15, 0.2) is 6.20 Å². The number of hydrogen-bond donors (Lipinski definition) is 1. The zero-order chi connectivity index (χ0) is 16.4. The number of piperidine rings is 1. The second kappa shape index (κ2) is 6.52. The van der Waals surface area contributed by atoms with Crippen LogP contribution in [0, 0.1) is 0 Å². The number of anilines is 1. The lowest BCUT2D eigenvalue weighted by molar-refractivity contribution is -0.137. The number of nitrogens with two attached hydrogens (primary N) is 1. The second-order valence-corrected chi connectivity index (χ2v) is 6.33. The van der Waals surface area contributed by atoms with Crippen molar-refractivity contribution in [1.29, 1.82) is 0 Å². The summed E-state index contributed by atoms with van der Waals surface area (Å²) in [7, 11) is 0. The lowest BCUT2D eigenvalue weighted by Gasteiger charge is -2.36. The highest BCUT2D eigenvalue weighted by atomic mass is 16.2. The van der Waals surface area contributed by atoms with E-state index in [1.165, 1.54) is 0 Å². The van der Waals surface area contributed by atoms with Gasteiger partial charge in [0.1, 0.15) is 0 Å². The average Bonchev–Trinajstić information content (AvgIpc) is 2.54. The van der Waals surface area contributed by atoms with Gasteiger partial charge in [0, 0.05) is 38.7 Å². The van der Waals surface area contributed by atoms with Gasteiger partial charge < -0.3 is 15.5 Å². The fraction of sp³-hybridized carbons (Fsp3) is 0.625. The first-order valence-corrected chi connectivity index (χ1v) is 8.20. The number of nitrogen functional groups attached to an aromatic ring is 1. The molecule has 1 aromatic heterocycles. The normalized spacial score (nSPS) is 21.0. The van der Waals surface area contributed by atoms with E-state index in [2.05, 4.69) is 9.97 Å². The first-order valence-electron chi connectivity index (χ1n) is 8.20. The van der Waals surface area contributed by atoms with E-state index in [0.29, 0.717) is 19.5 Å². The van der Waals surface area contributed by atoms with Crippen LogP contribution in [0.5, 0.6) is 0 Å². The number of aromatic nitrogens is 2. The maximum atomic E-state index is 12.6. The quantitative estimate of drug-likeness (QED) is 0.868. The van der Waals surface area contributed by atoms with Crippen LogP contribution in [0.2, 0.25) is 0 Å². The molecule has 2 N–H and O–H groups in total. The van der Waals surface area contributed by atoms with E-state index in [4.69, 9.17) is 5.73 Å². The van der Waals surface area contributed by atoms with Crippen LogP contribution in [0.25, 0.3) is 0 Å². The lowest BCUT2D eigenvalue weighted by atomic mass is 9.98. The van der Waals surface area contributed by atoms with Gasteiger partial charge in [-0.05, 0) is 31.2 Å². The molecule has 7 heteroatoms. The predicted molar refractivity (Wildman–Crippen MR) is 85.2 cm³/mol. The van der Waals surface area contributed by atoms with Crippen LogP contribution in [0.3, 0.4) is 0 Å². The van der Waals surface area contributed by atoms with Crippen molar-refractivity contribution in [3.8, 4) is 0 Å². The zero-order valence-electron chi connectivity index (χ0n) is 13.5. The SMILES string of the molecule is CC(=O)N1CCCCC1CC(=O)N1CCc2cnc(N)nc2C1. The topological polar surface area (TPSA) is 92.4 Å². The van der Waals surface area contributed by atoms with Gasteiger partial charge in [-0.3, -0.25) is 9.59 Å². The largest absolute Gasteiger partial charge is 0.368 e. The van der Waals surface area contributed by atoms with Gasteiger partial charge in [-0.15, -0.1) is 0 Å².